The van der Waals surface area contributed by atoms with E-state index >= 15 is 0 Å². The molecule has 0 unspecified atom stereocenters. The quantitative estimate of drug-likeness (QED) is 0.710. The predicted octanol–water partition coefficient (Wildman–Crippen LogP) is 3.41. The van der Waals surface area contributed by atoms with Crippen molar-refractivity contribution in [3.8, 4) is 0 Å². The third-order valence-corrected chi connectivity index (χ3v) is 4.47. The van der Waals surface area contributed by atoms with Crippen molar-refractivity contribution in [3.05, 3.63) is 47.5 Å². The minimum atomic E-state index is -5.09. The van der Waals surface area contributed by atoms with E-state index in [1.807, 2.05) is 4.90 Å². The first-order chi connectivity index (χ1) is 13.4. The second kappa shape index (κ2) is 7.56. The minimum Gasteiger partial charge on any atom is -0.368 e. The van der Waals surface area contributed by atoms with Crippen molar-refractivity contribution < 1.29 is 35.5 Å². The third kappa shape index (κ3) is 4.80. The van der Waals surface area contributed by atoms with Crippen LogP contribution in [0.4, 0.5) is 36.4 Å². The summed E-state index contributed by atoms with van der Waals surface area (Å²) in [5.74, 6) is -1.17. The van der Waals surface area contributed by atoms with E-state index in [1.165, 1.54) is 17.0 Å². The molecule has 0 atom stereocenters. The average molecular weight is 424 g/mol. The highest BCUT2D eigenvalue weighted by Gasteiger charge is 2.42. The summed E-state index contributed by atoms with van der Waals surface area (Å²) in [7, 11) is 0. The maximum absolute atomic E-state index is 13.0. The molecule has 2 aromatic rings. The van der Waals surface area contributed by atoms with Gasteiger partial charge in [0.15, 0.2) is 5.69 Å². The van der Waals surface area contributed by atoms with Gasteiger partial charge < -0.3 is 9.80 Å². The van der Waals surface area contributed by atoms with E-state index in [2.05, 4.69) is 5.10 Å². The number of amides is 1. The van der Waals surface area contributed by atoms with Crippen LogP contribution in [-0.2, 0) is 23.7 Å². The van der Waals surface area contributed by atoms with Crippen molar-refractivity contribution in [1.29, 1.82) is 0 Å². The second-order valence-electron chi connectivity index (χ2n) is 6.41. The summed E-state index contributed by atoms with van der Waals surface area (Å²) in [5, 5.41) is 2.93. The summed E-state index contributed by atoms with van der Waals surface area (Å²) in [5.41, 5.74) is -2.62. The predicted molar refractivity (Wildman–Crippen MR) is 87.4 cm³/mol. The van der Waals surface area contributed by atoms with Crippen LogP contribution in [-0.4, -0.2) is 46.8 Å². The number of anilines is 1. The zero-order valence-electron chi connectivity index (χ0n) is 14.8. The number of benzene rings is 1. The molecule has 0 bridgehead atoms. The number of alkyl halides is 6. The maximum atomic E-state index is 13.0. The van der Waals surface area contributed by atoms with Gasteiger partial charge in [0.05, 0.1) is 0 Å². The average Bonchev–Trinajstić information content (AvgIpc) is 3.07. The van der Waals surface area contributed by atoms with Crippen molar-refractivity contribution in [1.82, 2.24) is 14.7 Å². The smallest absolute Gasteiger partial charge is 0.368 e. The van der Waals surface area contributed by atoms with Crippen molar-refractivity contribution >= 4 is 11.6 Å². The Morgan fingerprint density at radius 1 is 0.931 bits per heavy atom. The van der Waals surface area contributed by atoms with Gasteiger partial charge >= 0.3 is 12.4 Å². The van der Waals surface area contributed by atoms with Gasteiger partial charge in [-0.1, -0.05) is 0 Å². The molecule has 1 aliphatic rings. The number of nitrogens with zero attached hydrogens (tertiary/aromatic N) is 4. The normalized spacial score (nSPS) is 15.7. The number of hydrogen-bond acceptors (Lipinski definition) is 3. The first-order valence-corrected chi connectivity index (χ1v) is 8.45. The molecule has 0 radical (unpaired) electrons. The highest BCUT2D eigenvalue weighted by molar-refractivity contribution is 5.76. The molecule has 1 amide bonds. The summed E-state index contributed by atoms with van der Waals surface area (Å²) in [6.07, 6.45) is -10.1. The first kappa shape index (κ1) is 20.9. The lowest BCUT2D eigenvalue weighted by Gasteiger charge is -2.36. The first-order valence-electron chi connectivity index (χ1n) is 8.45. The van der Waals surface area contributed by atoms with Gasteiger partial charge in [-0.05, 0) is 24.3 Å². The Morgan fingerprint density at radius 2 is 1.52 bits per heavy atom. The second-order valence-corrected chi connectivity index (χ2v) is 6.41. The molecular formula is C17H15F7N4O. The lowest BCUT2D eigenvalue weighted by Crippen LogP contribution is -2.49. The summed E-state index contributed by atoms with van der Waals surface area (Å²) < 4.78 is 90.3. The van der Waals surface area contributed by atoms with Crippen molar-refractivity contribution in [2.24, 2.45) is 0 Å². The molecule has 158 valence electrons. The Labute approximate surface area is 160 Å². The van der Waals surface area contributed by atoms with E-state index in [4.69, 9.17) is 0 Å². The summed E-state index contributed by atoms with van der Waals surface area (Å²) in [6, 6.07) is 5.57. The molecule has 1 aliphatic heterocycles. The van der Waals surface area contributed by atoms with Crippen molar-refractivity contribution in [3.63, 3.8) is 0 Å². The number of rotatable bonds is 3. The third-order valence-electron chi connectivity index (χ3n) is 4.47. The van der Waals surface area contributed by atoms with Crippen LogP contribution >= 0.6 is 0 Å². The van der Waals surface area contributed by atoms with Gasteiger partial charge in [-0.25, -0.2) is 4.39 Å². The number of aromatic nitrogens is 2. The molecular weight excluding hydrogens is 409 g/mol. The number of carbonyl (C=O) groups is 1. The lowest BCUT2D eigenvalue weighted by atomic mass is 10.2. The summed E-state index contributed by atoms with van der Waals surface area (Å²) >= 11 is 0. The number of carbonyl (C=O) groups excluding carboxylic acids is 1. The van der Waals surface area contributed by atoms with Gasteiger partial charge in [-0.15, -0.1) is 0 Å². The topological polar surface area (TPSA) is 41.4 Å². The standard InChI is InChI=1S/C17H15F7N4O/c18-11-1-3-12(4-2-11)26-5-7-27(8-6-26)15(29)10-28-14(17(22,23)24)9-13(25-28)16(19,20)21/h1-4,9H,5-8,10H2. The van der Waals surface area contributed by atoms with Crippen LogP contribution in [0.5, 0.6) is 0 Å². The van der Waals surface area contributed by atoms with Crippen molar-refractivity contribution in [2.75, 3.05) is 31.1 Å². The molecule has 0 saturated carbocycles. The molecule has 0 N–H and O–H groups in total. The van der Waals surface area contributed by atoms with Gasteiger partial charge in [0.2, 0.25) is 5.91 Å². The van der Waals surface area contributed by atoms with E-state index in [0.29, 0.717) is 13.1 Å². The zero-order chi connectivity index (χ0) is 21.4. The van der Waals surface area contributed by atoms with Crippen LogP contribution in [0.3, 0.4) is 0 Å². The van der Waals surface area contributed by atoms with E-state index in [0.717, 1.165) is 5.69 Å². The number of hydrogen-bond donors (Lipinski definition) is 0. The number of piperazine rings is 1. The van der Waals surface area contributed by atoms with Crippen LogP contribution in [0.2, 0.25) is 0 Å². The van der Waals surface area contributed by atoms with Gasteiger partial charge in [0.1, 0.15) is 18.1 Å². The fourth-order valence-corrected chi connectivity index (χ4v) is 3.00. The molecule has 1 aromatic carbocycles. The molecule has 0 aliphatic carbocycles. The van der Waals surface area contributed by atoms with E-state index in [-0.39, 0.29) is 23.8 Å². The zero-order valence-corrected chi connectivity index (χ0v) is 14.8. The Morgan fingerprint density at radius 3 is 2.03 bits per heavy atom. The Bertz CT molecular complexity index is 865. The van der Waals surface area contributed by atoms with Crippen LogP contribution in [0.25, 0.3) is 0 Å². The number of halogens is 7. The minimum absolute atomic E-state index is 0.0392. The molecule has 1 saturated heterocycles. The molecule has 5 nitrogen and oxygen atoms in total. The Kier molecular flexibility index (Phi) is 5.46. The molecule has 1 aromatic heterocycles. The van der Waals surface area contributed by atoms with E-state index in [1.54, 1.807) is 12.1 Å². The highest BCUT2D eigenvalue weighted by atomic mass is 19.4. The molecule has 29 heavy (non-hydrogen) atoms. The fraction of sp³-hybridized carbons (Fsp3) is 0.412. The highest BCUT2D eigenvalue weighted by Crippen LogP contribution is 2.35. The molecule has 0 spiro atoms. The largest absolute Gasteiger partial charge is 0.435 e. The van der Waals surface area contributed by atoms with Crippen LogP contribution in [0.1, 0.15) is 11.4 Å². The lowest BCUT2D eigenvalue weighted by molar-refractivity contribution is -0.145. The van der Waals surface area contributed by atoms with Gasteiger partial charge in [0, 0.05) is 37.9 Å². The molecule has 2 heterocycles. The molecule has 1 fully saturated rings. The van der Waals surface area contributed by atoms with Crippen LogP contribution < -0.4 is 4.90 Å². The maximum Gasteiger partial charge on any atom is 0.435 e. The van der Waals surface area contributed by atoms with Crippen LogP contribution in [0.15, 0.2) is 30.3 Å². The van der Waals surface area contributed by atoms with Gasteiger partial charge in [-0.3, -0.25) is 9.48 Å². The molecule has 12 heteroatoms. The van der Waals surface area contributed by atoms with E-state index < -0.39 is 42.0 Å². The summed E-state index contributed by atoms with van der Waals surface area (Å²) in [4.78, 5) is 15.5. The monoisotopic (exact) mass is 424 g/mol. The van der Waals surface area contributed by atoms with Crippen LogP contribution in [0, 0.1) is 5.82 Å². The van der Waals surface area contributed by atoms with E-state index in [9.17, 15) is 35.5 Å². The SMILES string of the molecule is O=C(Cn1nc(C(F)(F)F)cc1C(F)(F)F)N1CCN(c2ccc(F)cc2)CC1. The van der Waals surface area contributed by atoms with Gasteiger partial charge in [0.25, 0.3) is 0 Å². The Hall–Kier alpha value is -2.79. The van der Waals surface area contributed by atoms with Gasteiger partial charge in [-0.2, -0.15) is 31.4 Å². The Balaban J connectivity index is 1.68. The van der Waals surface area contributed by atoms with Crippen molar-refractivity contribution in [2.45, 2.75) is 18.9 Å². The molecule has 3 rings (SSSR count). The summed E-state index contributed by atoms with van der Waals surface area (Å²) in [6.45, 7) is 0.0458. The fourth-order valence-electron chi connectivity index (χ4n) is 3.00.